The second-order valence-electron chi connectivity index (χ2n) is 15.0. The van der Waals surface area contributed by atoms with Gasteiger partial charge in [0.2, 0.25) is 0 Å². The van der Waals surface area contributed by atoms with Crippen LogP contribution in [0.2, 0.25) is 0 Å². The van der Waals surface area contributed by atoms with Crippen molar-refractivity contribution in [1.82, 2.24) is 64.8 Å². The van der Waals surface area contributed by atoms with Gasteiger partial charge < -0.3 is 0 Å². The van der Waals surface area contributed by atoms with Gasteiger partial charge in [0.05, 0.1) is 16.7 Å². The Labute approximate surface area is 1510 Å². The van der Waals surface area contributed by atoms with Crippen LogP contribution < -0.4 is 0 Å². The van der Waals surface area contributed by atoms with Gasteiger partial charge in [0, 0.05) is 1090 Å². The van der Waals surface area contributed by atoms with E-state index < -0.39 is 0 Å². The third-order valence-corrected chi connectivity index (χ3v) is 8.99. The quantitative estimate of drug-likeness (QED) is 0.143. The molecule has 0 aliphatic rings. The number of pyridine rings is 2. The first kappa shape index (κ1) is 257. The van der Waals surface area contributed by atoms with Crippen LogP contribution in [-0.4, -0.2) is 64.8 Å². The van der Waals surface area contributed by atoms with Gasteiger partial charge in [-0.25, -0.2) is 56.0 Å². The maximum atomic E-state index is 4.24. The molecule has 11 rings (SSSR count). The van der Waals surface area contributed by atoms with Crippen LogP contribution in [0.1, 0.15) is 170 Å². The van der Waals surface area contributed by atoms with E-state index >= 15 is 0 Å². The van der Waals surface area contributed by atoms with E-state index in [4.69, 9.17) is 0 Å². The number of hydrogen-bond acceptors (Lipinski definition) is 13. The minimum atomic E-state index is 0. The molecule has 0 saturated heterocycles. The third kappa shape index (κ3) is 174. The summed E-state index contributed by atoms with van der Waals surface area (Å²) in [5.74, 6) is 1.58. The van der Waals surface area contributed by atoms with Crippen molar-refractivity contribution in [2.24, 2.45) is 0 Å². The number of aryl methyl sites for hydroxylation is 8. The van der Waals surface area contributed by atoms with Gasteiger partial charge in [0.15, 0.2) is 0 Å². The van der Waals surface area contributed by atoms with Crippen LogP contribution in [-0.2, 0) is 1010 Å². The first-order valence-electron chi connectivity index (χ1n) is 31.1. The molecular formula is C75H111N13Y31-2. The van der Waals surface area contributed by atoms with Crippen molar-refractivity contribution in [2.45, 2.75) is 180 Å². The molecule has 31 radical (unpaired) electrons. The number of fused-ring (bicyclic) bond motifs is 2. The van der Waals surface area contributed by atoms with Crippen LogP contribution in [0.3, 0.4) is 0 Å². The Hall–Kier alpha value is 25.3. The van der Waals surface area contributed by atoms with E-state index in [1.807, 2.05) is 251 Å². The molecule has 0 aliphatic heterocycles. The molecule has 0 atom stereocenters. The molecule has 7 aromatic heterocycles. The Bertz CT molecular complexity index is 2940. The molecule has 119 heavy (non-hydrogen) atoms. The van der Waals surface area contributed by atoms with Crippen LogP contribution in [0.4, 0.5) is 0 Å². The fourth-order valence-electron chi connectivity index (χ4n) is 5.53. The van der Waals surface area contributed by atoms with Crippen molar-refractivity contribution in [1.29, 1.82) is 0 Å². The molecule has 44 heteroatoms. The molecule has 0 amide bonds. The standard InChI is InChI=1S/C13H10.2C10H9N.4C5H6N2.C4H5N3.9C2H6.31Y/c1-11-6-5-9-13(10-11)12-7-3-2-4-8-12;1-8-4-2-6-10-9(8)5-3-7-11-10;1-8-4-5-10-9(7-8)3-2-6-11-10;1-5-2-6-4-7-3-5;1-5-4-6-2-3-7-5;1-5-2-3-6-4-7-5;1-5-6-3-2-4-7-5;1-4-6-2-5-3-7-4;9*1-2;;;;;;;;;;;;;;;;;;;;;;;;;;;;;;;/h2-7,9H,1H3;2*2-7H,1H3;4*2-4H,1H3;2-3H,1H3;9*1-2H3;;;;;;;;;;;;;;;;;;;;;;;;;;;;;;;/q-2;;;;;;;;;;;;;;;;;;;;;;;;;;;;;;;;;;;;;;;;;;;;;;;. The Kier molecular flexibility index (Phi) is 472. The summed E-state index contributed by atoms with van der Waals surface area (Å²) in [6.45, 7) is 51.7. The van der Waals surface area contributed by atoms with Crippen molar-refractivity contribution in [3.8, 4) is 11.1 Å². The first-order chi connectivity index (χ1) is 43.1. The van der Waals surface area contributed by atoms with E-state index in [1.54, 1.807) is 55.6 Å². The van der Waals surface area contributed by atoms with E-state index in [2.05, 4.69) is 127 Å². The van der Waals surface area contributed by atoms with Crippen LogP contribution in [0, 0.1) is 67.5 Å². The monoisotopic (exact) mass is 3950 g/mol. The van der Waals surface area contributed by atoms with E-state index in [1.165, 1.54) is 47.2 Å². The summed E-state index contributed by atoms with van der Waals surface area (Å²) in [5.41, 5.74) is 11.2. The SMILES string of the molecule is CC.CC.CC.CC.CC.CC.CC.CC.CC.Cc1[c-]c(-c2[c-]cccc2)ccc1.Cc1ccc2ncccc2c1.Cc1cccc2ncccc12.Cc1ccncn1.Cc1cnccn1.Cc1cncnc1.Cc1ncccn1.Cc1ncncn1.[Y].[Y].[Y].[Y].[Y].[Y].[Y].[Y].[Y].[Y].[Y].[Y].[Y].[Y].[Y].[Y].[Y].[Y].[Y].[Y].[Y].[Y].[Y].[Y].[Y].[Y].[Y].[Y].[Y].[Y].[Y]. The normalized spacial score (nSPS) is 6.00. The summed E-state index contributed by atoms with van der Waals surface area (Å²) < 4.78 is 0. The third-order valence-electron chi connectivity index (χ3n) is 8.99. The van der Waals surface area contributed by atoms with E-state index in [-0.39, 0.29) is 1010 Å². The van der Waals surface area contributed by atoms with Gasteiger partial charge in [-0.3, -0.25) is 19.9 Å². The van der Waals surface area contributed by atoms with Crippen LogP contribution in [0.15, 0.2) is 203 Å². The van der Waals surface area contributed by atoms with E-state index in [9.17, 15) is 0 Å². The summed E-state index contributed by atoms with van der Waals surface area (Å²) >= 11 is 0. The van der Waals surface area contributed by atoms with E-state index in [0.29, 0.717) is 0 Å². The maximum Gasteiger partial charge on any atom is 0.128 e. The Morgan fingerprint density at radius 2 is 0.639 bits per heavy atom. The minimum Gasteiger partial charge on any atom is -0.261 e. The molecule has 0 fully saturated rings. The number of benzene rings is 4. The topological polar surface area (TPSA) is 168 Å². The first-order valence-corrected chi connectivity index (χ1v) is 31.1. The average molecular weight is 3950 g/mol. The zero-order chi connectivity index (χ0) is 68.0. The smallest absolute Gasteiger partial charge is 0.128 e. The van der Waals surface area contributed by atoms with Gasteiger partial charge in [-0.2, -0.15) is 42.5 Å². The Morgan fingerprint density at radius 3 is 0.950 bits per heavy atom. The molecule has 0 N–H and O–H groups in total. The fourth-order valence-corrected chi connectivity index (χ4v) is 5.53. The van der Waals surface area contributed by atoms with E-state index in [0.717, 1.165) is 56.3 Å². The minimum absolute atomic E-state index is 0. The molecule has 7 heterocycles. The predicted molar refractivity (Wildman–Crippen MR) is 381 cm³/mol. The van der Waals surface area contributed by atoms with Crippen LogP contribution in [0.25, 0.3) is 32.9 Å². The van der Waals surface area contributed by atoms with Crippen molar-refractivity contribution in [2.75, 3.05) is 0 Å². The summed E-state index contributed by atoms with van der Waals surface area (Å²) in [7, 11) is 0. The summed E-state index contributed by atoms with van der Waals surface area (Å²) in [6, 6.07) is 44.8. The molecule has 0 spiro atoms. The van der Waals surface area contributed by atoms with Gasteiger partial charge in [-0.1, -0.05) is 167 Å². The molecule has 571 valence electrons. The molecular weight excluding hydrogens is 3840 g/mol. The van der Waals surface area contributed by atoms with Crippen molar-refractivity contribution >= 4 is 21.8 Å². The number of hydrogen-bond donors (Lipinski definition) is 0. The number of rotatable bonds is 1. The molecule has 4 aromatic carbocycles. The number of nitrogens with zero attached hydrogens (tertiary/aromatic N) is 13. The zero-order valence-corrected chi connectivity index (χ0v) is 165. The second kappa shape index (κ2) is 218. The molecule has 0 saturated carbocycles. The van der Waals surface area contributed by atoms with Crippen molar-refractivity contribution < 1.29 is 1010 Å². The Morgan fingerprint density at radius 1 is 0.235 bits per heavy atom. The van der Waals surface area contributed by atoms with Gasteiger partial charge >= 0.3 is 0 Å². The van der Waals surface area contributed by atoms with Gasteiger partial charge in [-0.15, -0.1) is 17.7 Å². The maximum absolute atomic E-state index is 4.24. The molecule has 11 aromatic rings. The molecule has 0 aliphatic carbocycles. The Balaban J connectivity index is -0.0000000174. The summed E-state index contributed by atoms with van der Waals surface area (Å²) in [4.78, 5) is 50.2. The van der Waals surface area contributed by atoms with Gasteiger partial charge in [0.25, 0.3) is 0 Å². The van der Waals surface area contributed by atoms with Crippen LogP contribution >= 0.6 is 0 Å². The van der Waals surface area contributed by atoms with Crippen molar-refractivity contribution in [3.63, 3.8) is 0 Å². The number of aromatic nitrogens is 13. The molecule has 0 unspecified atom stereocenters. The molecule has 13 nitrogen and oxygen atoms in total. The van der Waals surface area contributed by atoms with Crippen LogP contribution in [0.5, 0.6) is 0 Å². The van der Waals surface area contributed by atoms with Crippen molar-refractivity contribution in [3.05, 3.63) is 260 Å². The fraction of sp³-hybridized carbons (Fsp3) is 0.347. The van der Waals surface area contributed by atoms with Gasteiger partial charge in [0.1, 0.15) is 37.0 Å². The zero-order valence-electron chi connectivity index (χ0n) is 76.8. The average Bonchev–Trinajstić information content (AvgIpc) is 0.858. The van der Waals surface area contributed by atoms with Gasteiger partial charge in [-0.05, 0) is 102 Å². The second-order valence-corrected chi connectivity index (χ2v) is 15.0. The summed E-state index contributed by atoms with van der Waals surface area (Å²) in [5, 5.41) is 2.46. The largest absolute Gasteiger partial charge is 0.261 e. The summed E-state index contributed by atoms with van der Waals surface area (Å²) in [6.07, 6.45) is 23.4. The predicted octanol–water partition coefficient (Wildman–Crippen LogP) is 20.8. The molecule has 0 bridgehead atoms.